The number of hydrogen-bond donors (Lipinski definition) is 2. The molecule has 0 spiro atoms. The fraction of sp³-hybridized carbons (Fsp3) is 0.286. The summed E-state index contributed by atoms with van der Waals surface area (Å²) in [5, 5.41) is 22.7. The first-order valence-corrected chi connectivity index (χ1v) is 15.7. The second-order valence-corrected chi connectivity index (χ2v) is 11.9. The molecular weight excluding hydrogens is 667 g/mol. The normalized spacial score (nSPS) is 19.7. The lowest BCUT2D eigenvalue weighted by Crippen LogP contribution is -2.49. The molecule has 10 nitrogen and oxygen atoms in total. The van der Waals surface area contributed by atoms with E-state index in [1.807, 2.05) is 12.1 Å². The summed E-state index contributed by atoms with van der Waals surface area (Å²) in [6.07, 6.45) is -1.27. The van der Waals surface area contributed by atoms with Gasteiger partial charge in [-0.25, -0.2) is 22.0 Å². The molecule has 0 unspecified atom stereocenters. The average molecular weight is 699 g/mol. The number of nitro benzene ring substituents is 1. The number of nitrogens with zero attached hydrogens (tertiary/aromatic N) is 3. The maximum atomic E-state index is 14.3. The minimum atomic E-state index is -2.37. The SMILES string of the molecule is O=C(Nc1cccc([C@@H]2O[C@H](CN3CCN(c4ccc([N+](=O)[O-])cc4)CC3)C[C@H](c3ccc(CO)cc3)O2)c1)c1c(F)c(F)c(F)c(F)c1F. The van der Waals surface area contributed by atoms with Gasteiger partial charge in [-0.15, -0.1) is 0 Å². The van der Waals surface area contributed by atoms with Gasteiger partial charge in [-0.05, 0) is 35.4 Å². The number of nitro groups is 1. The smallest absolute Gasteiger partial charge is 0.269 e. The molecular formula is C35H31F5N4O6. The lowest BCUT2D eigenvalue weighted by atomic mass is 9.99. The van der Waals surface area contributed by atoms with Crippen LogP contribution in [0.3, 0.4) is 0 Å². The van der Waals surface area contributed by atoms with Gasteiger partial charge in [-0.3, -0.25) is 19.8 Å². The van der Waals surface area contributed by atoms with Crippen molar-refractivity contribution in [3.8, 4) is 0 Å². The Hall–Kier alpha value is -4.96. The standard InChI is InChI=1S/C35H31F5N4O6/c36-29-28(30(37)32(39)33(40)31(29)38)34(46)41-23-3-1-2-22(16-23)35-49-26(17-27(50-35)21-6-4-20(19-45)5-7-21)18-42-12-14-43(15-13-42)24-8-10-25(11-9-24)44(47)48/h1-11,16,26-27,35,45H,12-15,17-19H2,(H,41,46)/t26-,27+,35+/m0/s1. The van der Waals surface area contributed by atoms with E-state index in [1.54, 1.807) is 30.3 Å². The van der Waals surface area contributed by atoms with Crippen molar-refractivity contribution >= 4 is 23.0 Å². The first-order valence-electron chi connectivity index (χ1n) is 15.7. The van der Waals surface area contributed by atoms with Crippen LogP contribution in [0.2, 0.25) is 0 Å². The Morgan fingerprint density at radius 2 is 1.48 bits per heavy atom. The summed E-state index contributed by atoms with van der Waals surface area (Å²) >= 11 is 0. The monoisotopic (exact) mass is 698 g/mol. The van der Waals surface area contributed by atoms with Gasteiger partial charge in [0.1, 0.15) is 5.56 Å². The van der Waals surface area contributed by atoms with E-state index in [0.717, 1.165) is 16.8 Å². The predicted octanol–water partition coefficient (Wildman–Crippen LogP) is 6.40. The summed E-state index contributed by atoms with van der Waals surface area (Å²) in [7, 11) is 0. The van der Waals surface area contributed by atoms with Crippen LogP contribution >= 0.6 is 0 Å². The zero-order valence-corrected chi connectivity index (χ0v) is 26.3. The van der Waals surface area contributed by atoms with Crippen LogP contribution in [0.25, 0.3) is 0 Å². The van der Waals surface area contributed by atoms with Gasteiger partial charge in [-0.2, -0.15) is 0 Å². The number of nitrogens with one attached hydrogen (secondary N) is 1. The number of halogens is 5. The third kappa shape index (κ3) is 7.45. The highest BCUT2D eigenvalue weighted by Crippen LogP contribution is 2.39. The molecule has 2 heterocycles. The van der Waals surface area contributed by atoms with Crippen LogP contribution in [-0.4, -0.2) is 59.7 Å². The van der Waals surface area contributed by atoms with E-state index in [-0.39, 0.29) is 24.1 Å². The molecule has 0 aliphatic carbocycles. The van der Waals surface area contributed by atoms with Gasteiger partial charge >= 0.3 is 0 Å². The second kappa shape index (κ2) is 14.9. The van der Waals surface area contributed by atoms with Crippen molar-refractivity contribution in [1.29, 1.82) is 0 Å². The lowest BCUT2D eigenvalue weighted by molar-refractivity contribution is -0.384. The Morgan fingerprint density at radius 3 is 2.10 bits per heavy atom. The number of rotatable bonds is 9. The molecule has 0 saturated carbocycles. The Bertz CT molecular complexity index is 1840. The molecule has 4 aromatic carbocycles. The Labute approximate surface area is 282 Å². The zero-order valence-electron chi connectivity index (χ0n) is 26.3. The second-order valence-electron chi connectivity index (χ2n) is 11.9. The van der Waals surface area contributed by atoms with E-state index in [4.69, 9.17) is 9.47 Å². The van der Waals surface area contributed by atoms with Crippen LogP contribution in [0, 0.1) is 39.2 Å². The largest absolute Gasteiger partial charge is 0.392 e. The zero-order chi connectivity index (χ0) is 35.5. The number of non-ortho nitro benzene ring substituents is 1. The van der Waals surface area contributed by atoms with E-state index in [2.05, 4.69) is 15.1 Å². The quantitative estimate of drug-likeness (QED) is 0.0678. The van der Waals surface area contributed by atoms with Crippen molar-refractivity contribution in [3.63, 3.8) is 0 Å². The first-order chi connectivity index (χ1) is 24.0. The Kier molecular flexibility index (Phi) is 10.4. The van der Waals surface area contributed by atoms with Crippen molar-refractivity contribution in [2.24, 2.45) is 0 Å². The van der Waals surface area contributed by atoms with Gasteiger partial charge in [0.05, 0.1) is 23.7 Å². The van der Waals surface area contributed by atoms with Crippen molar-refractivity contribution in [1.82, 2.24) is 4.90 Å². The van der Waals surface area contributed by atoms with Crippen LogP contribution in [0.15, 0.2) is 72.8 Å². The van der Waals surface area contributed by atoms with Crippen LogP contribution < -0.4 is 10.2 Å². The van der Waals surface area contributed by atoms with Gasteiger partial charge in [0.2, 0.25) is 5.82 Å². The van der Waals surface area contributed by atoms with E-state index in [9.17, 15) is 42.0 Å². The van der Waals surface area contributed by atoms with Crippen LogP contribution in [0.1, 0.15) is 45.9 Å². The number of hydrogen-bond acceptors (Lipinski definition) is 8. The van der Waals surface area contributed by atoms with Crippen molar-refractivity contribution in [3.05, 3.63) is 134 Å². The summed E-state index contributed by atoms with van der Waals surface area (Å²) in [6.45, 7) is 3.16. The molecule has 2 aliphatic heterocycles. The highest BCUT2D eigenvalue weighted by molar-refractivity contribution is 6.04. The van der Waals surface area contributed by atoms with Gasteiger partial charge in [0.25, 0.3) is 11.6 Å². The van der Waals surface area contributed by atoms with Crippen LogP contribution in [-0.2, 0) is 16.1 Å². The van der Waals surface area contributed by atoms with Gasteiger partial charge < -0.3 is 24.8 Å². The molecule has 2 N–H and O–H groups in total. The Balaban J connectivity index is 1.18. The number of aliphatic hydroxyl groups excluding tert-OH is 1. The van der Waals surface area contributed by atoms with E-state index in [1.165, 1.54) is 30.3 Å². The molecule has 0 radical (unpaired) electrons. The molecule has 1 amide bonds. The number of amides is 1. The van der Waals surface area contributed by atoms with Gasteiger partial charge in [0.15, 0.2) is 29.6 Å². The summed E-state index contributed by atoms with van der Waals surface area (Å²) in [5.74, 6) is -12.9. The molecule has 0 bridgehead atoms. The minimum Gasteiger partial charge on any atom is -0.392 e. The molecule has 6 rings (SSSR count). The Morgan fingerprint density at radius 1 is 0.840 bits per heavy atom. The molecule has 262 valence electrons. The van der Waals surface area contributed by atoms with Crippen molar-refractivity contribution < 1.29 is 46.3 Å². The summed E-state index contributed by atoms with van der Waals surface area (Å²) in [5.41, 5.74) is 1.26. The van der Waals surface area contributed by atoms with E-state index in [0.29, 0.717) is 44.7 Å². The number of carbonyl (C=O) groups is 1. The average Bonchev–Trinajstić information content (AvgIpc) is 3.13. The van der Waals surface area contributed by atoms with Crippen molar-refractivity contribution in [2.45, 2.75) is 31.5 Å². The molecule has 50 heavy (non-hydrogen) atoms. The third-order valence-corrected chi connectivity index (χ3v) is 8.73. The number of piperazine rings is 1. The highest BCUT2D eigenvalue weighted by Gasteiger charge is 2.35. The van der Waals surface area contributed by atoms with E-state index < -0.39 is 57.9 Å². The fourth-order valence-electron chi connectivity index (χ4n) is 6.06. The summed E-state index contributed by atoms with van der Waals surface area (Å²) in [6, 6.07) is 19.6. The highest BCUT2D eigenvalue weighted by atomic mass is 19.2. The van der Waals surface area contributed by atoms with Crippen molar-refractivity contribution in [2.75, 3.05) is 42.9 Å². The maximum absolute atomic E-state index is 14.3. The molecule has 3 atom stereocenters. The summed E-state index contributed by atoms with van der Waals surface area (Å²) in [4.78, 5) is 27.7. The number of ether oxygens (including phenoxy) is 2. The first kappa shape index (κ1) is 34.9. The predicted molar refractivity (Wildman–Crippen MR) is 171 cm³/mol. The lowest BCUT2D eigenvalue weighted by Gasteiger charge is -2.41. The maximum Gasteiger partial charge on any atom is 0.269 e. The molecule has 2 fully saturated rings. The number of anilines is 2. The number of carbonyl (C=O) groups excluding carboxylic acids is 1. The topological polar surface area (TPSA) is 117 Å². The molecule has 0 aromatic heterocycles. The third-order valence-electron chi connectivity index (χ3n) is 8.73. The van der Waals surface area contributed by atoms with Crippen LogP contribution in [0.5, 0.6) is 0 Å². The molecule has 2 saturated heterocycles. The van der Waals surface area contributed by atoms with E-state index >= 15 is 0 Å². The summed E-state index contributed by atoms with van der Waals surface area (Å²) < 4.78 is 82.4. The van der Waals surface area contributed by atoms with Crippen LogP contribution in [0.4, 0.5) is 39.0 Å². The van der Waals surface area contributed by atoms with Gasteiger partial charge in [-0.1, -0.05) is 36.4 Å². The number of aliphatic hydroxyl groups is 1. The number of benzene rings is 4. The molecule has 2 aliphatic rings. The molecule has 15 heteroatoms. The molecule has 4 aromatic rings. The van der Waals surface area contributed by atoms with Gasteiger partial charge in [0, 0.05) is 68.2 Å². The fourth-order valence-corrected chi connectivity index (χ4v) is 6.06. The minimum absolute atomic E-state index is 0.00280.